The summed E-state index contributed by atoms with van der Waals surface area (Å²) in [5, 5.41) is 9.52. The molecule has 7 heteroatoms. The van der Waals surface area contributed by atoms with Crippen molar-refractivity contribution in [3.8, 4) is 0 Å². The molecule has 18 heavy (non-hydrogen) atoms. The van der Waals surface area contributed by atoms with Gasteiger partial charge in [0.15, 0.2) is 0 Å². The Morgan fingerprint density at radius 1 is 1.50 bits per heavy atom. The van der Waals surface area contributed by atoms with Gasteiger partial charge in [0.05, 0.1) is 11.0 Å². The number of nitrogens with zero attached hydrogens (tertiary/aromatic N) is 1. The molecule has 0 spiro atoms. The third-order valence-corrected chi connectivity index (χ3v) is 4.74. The van der Waals surface area contributed by atoms with Gasteiger partial charge in [0.2, 0.25) is 10.0 Å². The number of sulfonamides is 1. The zero-order valence-electron chi connectivity index (χ0n) is 10.5. The van der Waals surface area contributed by atoms with Crippen molar-refractivity contribution in [3.05, 3.63) is 22.7 Å². The van der Waals surface area contributed by atoms with Gasteiger partial charge in [-0.25, -0.2) is 8.42 Å². The van der Waals surface area contributed by atoms with Gasteiger partial charge in [0.1, 0.15) is 0 Å². The van der Waals surface area contributed by atoms with Gasteiger partial charge < -0.3 is 10.8 Å². The van der Waals surface area contributed by atoms with E-state index in [9.17, 15) is 13.5 Å². The lowest BCUT2D eigenvalue weighted by molar-refractivity contribution is 0.171. The van der Waals surface area contributed by atoms with Gasteiger partial charge in [0, 0.05) is 24.3 Å². The van der Waals surface area contributed by atoms with Crippen molar-refractivity contribution in [1.82, 2.24) is 4.31 Å². The van der Waals surface area contributed by atoms with E-state index in [0.717, 1.165) is 4.31 Å². The van der Waals surface area contributed by atoms with Crippen LogP contribution in [0.5, 0.6) is 0 Å². The Bertz CT molecular complexity index is 543. The maximum absolute atomic E-state index is 12.3. The molecule has 1 rings (SSSR count). The lowest BCUT2D eigenvalue weighted by Gasteiger charge is -2.20. The molecule has 3 N–H and O–H groups in total. The van der Waals surface area contributed by atoms with E-state index in [2.05, 4.69) is 0 Å². The number of nitrogens with two attached hydrogens (primary N) is 1. The van der Waals surface area contributed by atoms with Gasteiger partial charge >= 0.3 is 0 Å². The number of aliphatic hydroxyl groups excluding tert-OH is 1. The molecule has 1 atom stereocenters. The molecule has 5 nitrogen and oxygen atoms in total. The minimum absolute atomic E-state index is 0.00813. The van der Waals surface area contributed by atoms with Gasteiger partial charge in [-0.2, -0.15) is 4.31 Å². The standard InChI is InChI=1S/C11H17ClN2O3S/c1-7(15)6-14(3)18(16,17)11-5-9(12)4-10(13)8(11)2/h4-5,7,15H,6,13H2,1-3H3. The minimum Gasteiger partial charge on any atom is -0.398 e. The number of nitrogen functional groups attached to an aromatic ring is 1. The number of hydrogen-bond acceptors (Lipinski definition) is 4. The molecule has 102 valence electrons. The molecular formula is C11H17ClN2O3S. The molecule has 1 aromatic carbocycles. The van der Waals surface area contributed by atoms with Crippen molar-refractivity contribution in [1.29, 1.82) is 0 Å². The predicted octanol–water partition coefficient (Wildman–Crippen LogP) is 1.23. The Labute approximate surface area is 112 Å². The maximum Gasteiger partial charge on any atom is 0.243 e. The van der Waals surface area contributed by atoms with E-state index >= 15 is 0 Å². The highest BCUT2D eigenvalue weighted by Gasteiger charge is 2.25. The predicted molar refractivity (Wildman–Crippen MR) is 72.1 cm³/mol. The second-order valence-corrected chi connectivity index (χ2v) is 6.70. The van der Waals surface area contributed by atoms with E-state index in [4.69, 9.17) is 17.3 Å². The first-order chi connectivity index (χ1) is 8.16. The smallest absolute Gasteiger partial charge is 0.243 e. The summed E-state index contributed by atoms with van der Waals surface area (Å²) in [5.41, 5.74) is 6.48. The van der Waals surface area contributed by atoms with Crippen LogP contribution in [0.3, 0.4) is 0 Å². The van der Waals surface area contributed by atoms with Crippen LogP contribution >= 0.6 is 11.6 Å². The minimum atomic E-state index is -3.70. The molecule has 0 aliphatic carbocycles. The van der Waals surface area contributed by atoms with Crippen LogP contribution in [-0.2, 0) is 10.0 Å². The molecule has 0 saturated carbocycles. The SMILES string of the molecule is Cc1c(N)cc(Cl)cc1S(=O)(=O)N(C)CC(C)O. The molecule has 1 unspecified atom stereocenters. The molecular weight excluding hydrogens is 276 g/mol. The summed E-state index contributed by atoms with van der Waals surface area (Å²) in [6.45, 7) is 3.15. The van der Waals surface area contributed by atoms with E-state index in [1.165, 1.54) is 26.1 Å². The van der Waals surface area contributed by atoms with Gasteiger partial charge in [-0.1, -0.05) is 11.6 Å². The van der Waals surface area contributed by atoms with E-state index in [-0.39, 0.29) is 16.5 Å². The summed E-state index contributed by atoms with van der Waals surface area (Å²) in [6, 6.07) is 2.87. The van der Waals surface area contributed by atoms with Crippen molar-refractivity contribution in [2.75, 3.05) is 19.3 Å². The van der Waals surface area contributed by atoms with Crippen molar-refractivity contribution in [2.45, 2.75) is 24.8 Å². The molecule has 0 heterocycles. The highest BCUT2D eigenvalue weighted by molar-refractivity contribution is 7.89. The summed E-state index contributed by atoms with van der Waals surface area (Å²) in [6.07, 6.45) is -0.749. The second kappa shape index (κ2) is 5.44. The monoisotopic (exact) mass is 292 g/mol. The number of aliphatic hydroxyl groups is 1. The summed E-state index contributed by atoms with van der Waals surface area (Å²) < 4.78 is 25.7. The molecule has 0 fully saturated rings. The average molecular weight is 293 g/mol. The average Bonchev–Trinajstić information content (AvgIpc) is 2.22. The van der Waals surface area contributed by atoms with E-state index in [1.54, 1.807) is 6.92 Å². The number of rotatable bonds is 4. The Morgan fingerprint density at radius 3 is 2.56 bits per heavy atom. The third kappa shape index (κ3) is 3.14. The van der Waals surface area contributed by atoms with Crippen molar-refractivity contribution in [2.24, 2.45) is 0 Å². The van der Waals surface area contributed by atoms with Crippen LogP contribution in [0.25, 0.3) is 0 Å². The zero-order valence-corrected chi connectivity index (χ0v) is 12.1. The van der Waals surface area contributed by atoms with Crippen molar-refractivity contribution >= 4 is 27.3 Å². The number of anilines is 1. The topological polar surface area (TPSA) is 83.6 Å². The van der Waals surface area contributed by atoms with Crippen LogP contribution in [0.4, 0.5) is 5.69 Å². The van der Waals surface area contributed by atoms with Gasteiger partial charge in [-0.3, -0.25) is 0 Å². The van der Waals surface area contributed by atoms with Crippen LogP contribution in [0.15, 0.2) is 17.0 Å². The lowest BCUT2D eigenvalue weighted by atomic mass is 10.2. The molecule has 0 radical (unpaired) electrons. The highest BCUT2D eigenvalue weighted by atomic mass is 35.5. The fourth-order valence-electron chi connectivity index (χ4n) is 1.58. The van der Waals surface area contributed by atoms with Crippen LogP contribution in [0, 0.1) is 6.92 Å². The molecule has 0 aliphatic heterocycles. The summed E-state index contributed by atoms with van der Waals surface area (Å²) in [5.74, 6) is 0. The maximum atomic E-state index is 12.3. The number of hydrogen-bond donors (Lipinski definition) is 2. The lowest BCUT2D eigenvalue weighted by Crippen LogP contribution is -2.33. The van der Waals surface area contributed by atoms with Crippen LogP contribution in [-0.4, -0.2) is 37.5 Å². The van der Waals surface area contributed by atoms with Gasteiger partial charge in [0.25, 0.3) is 0 Å². The molecule has 0 aromatic heterocycles. The second-order valence-electron chi connectivity index (χ2n) is 4.25. The number of benzene rings is 1. The summed E-state index contributed by atoms with van der Waals surface area (Å²) >= 11 is 5.83. The fourth-order valence-corrected chi connectivity index (χ4v) is 3.40. The van der Waals surface area contributed by atoms with E-state index in [1.807, 2.05) is 0 Å². The zero-order chi connectivity index (χ0) is 14.1. The van der Waals surface area contributed by atoms with Crippen molar-refractivity contribution in [3.63, 3.8) is 0 Å². The summed E-state index contributed by atoms with van der Waals surface area (Å²) in [4.78, 5) is 0.0654. The van der Waals surface area contributed by atoms with Gasteiger partial charge in [-0.05, 0) is 31.5 Å². The molecule has 0 amide bonds. The van der Waals surface area contributed by atoms with Gasteiger partial charge in [-0.15, -0.1) is 0 Å². The quantitative estimate of drug-likeness (QED) is 0.818. The third-order valence-electron chi connectivity index (χ3n) is 2.57. The fraction of sp³-hybridized carbons (Fsp3) is 0.455. The Balaban J connectivity index is 3.29. The molecule has 0 bridgehead atoms. The Kier molecular flexibility index (Phi) is 4.61. The van der Waals surface area contributed by atoms with Crippen LogP contribution in [0.2, 0.25) is 5.02 Å². The normalized spacial score (nSPS) is 13.9. The Hall–Kier alpha value is -0.820. The molecule has 0 aliphatic rings. The van der Waals surface area contributed by atoms with Crippen LogP contribution in [0.1, 0.15) is 12.5 Å². The van der Waals surface area contributed by atoms with Crippen molar-refractivity contribution < 1.29 is 13.5 Å². The number of halogens is 1. The van der Waals surface area contributed by atoms with E-state index in [0.29, 0.717) is 11.3 Å². The first-order valence-electron chi connectivity index (χ1n) is 5.36. The number of likely N-dealkylation sites (N-methyl/N-ethyl adjacent to an activating group) is 1. The first-order valence-corrected chi connectivity index (χ1v) is 7.18. The Morgan fingerprint density at radius 2 is 2.06 bits per heavy atom. The molecule has 1 aromatic rings. The molecule has 0 saturated heterocycles. The summed E-state index contributed by atoms with van der Waals surface area (Å²) in [7, 11) is -2.30. The van der Waals surface area contributed by atoms with Crippen LogP contribution < -0.4 is 5.73 Å². The van der Waals surface area contributed by atoms with E-state index < -0.39 is 16.1 Å². The first kappa shape index (κ1) is 15.2. The largest absolute Gasteiger partial charge is 0.398 e. The highest BCUT2D eigenvalue weighted by Crippen LogP contribution is 2.27.